The number of aromatic nitrogens is 3. The molecule has 3 heterocycles. The molecule has 0 spiro atoms. The van der Waals surface area contributed by atoms with E-state index in [1.807, 2.05) is 13.0 Å². The van der Waals surface area contributed by atoms with Crippen molar-refractivity contribution in [2.45, 2.75) is 64.7 Å². The lowest BCUT2D eigenvalue weighted by atomic mass is 10.0. The minimum absolute atomic E-state index is 0.224. The van der Waals surface area contributed by atoms with Gasteiger partial charge in [-0.1, -0.05) is 0 Å². The molecule has 2 aromatic heterocycles. The summed E-state index contributed by atoms with van der Waals surface area (Å²) in [6.45, 7) is 10.2. The van der Waals surface area contributed by atoms with Gasteiger partial charge in [0.05, 0.1) is 24.9 Å². The molecule has 5 rings (SSSR count). The minimum atomic E-state index is -0.602. The van der Waals surface area contributed by atoms with Crippen LogP contribution in [0.2, 0.25) is 0 Å². The molecule has 3 atom stereocenters. The fourth-order valence-electron chi connectivity index (χ4n) is 5.37. The molecule has 1 aromatic carbocycles. The molecule has 1 aliphatic heterocycles. The van der Waals surface area contributed by atoms with Crippen LogP contribution in [0.1, 0.15) is 63.4 Å². The predicted octanol–water partition coefficient (Wildman–Crippen LogP) is 4.46. The van der Waals surface area contributed by atoms with Gasteiger partial charge in [-0.25, -0.2) is 23.5 Å². The van der Waals surface area contributed by atoms with E-state index < -0.39 is 29.3 Å². The standard InChI is InChI=1S/C28H34FN5O5/c1-6-37-25(35)20-16-31-34-12-10-23(32-24(20)34)33-11-9-18-14-28(18,33)21-13-19(29)7-8-22(21)38-17(2)15-30-26(36)39-27(3,4)5/h7-8,10,12-13,16-18H,6,9,11,14-15H2,1-5H3,(H,30,36)/t17?,18-,28+/m0/s1. The Hall–Kier alpha value is -3.89. The number of alkyl carbamates (subject to hydrolysis) is 1. The second-order valence-corrected chi connectivity index (χ2v) is 11.0. The Kier molecular flexibility index (Phi) is 6.86. The number of hydrogen-bond donors (Lipinski definition) is 1. The van der Waals surface area contributed by atoms with E-state index in [0.29, 0.717) is 28.7 Å². The highest BCUT2D eigenvalue weighted by molar-refractivity contribution is 5.95. The number of amides is 1. The summed E-state index contributed by atoms with van der Waals surface area (Å²) in [5, 5.41) is 6.95. The number of rotatable bonds is 8. The van der Waals surface area contributed by atoms with Crippen molar-refractivity contribution in [1.29, 1.82) is 0 Å². The smallest absolute Gasteiger partial charge is 0.407 e. The van der Waals surface area contributed by atoms with Gasteiger partial charge < -0.3 is 24.4 Å². The number of ether oxygens (including phenoxy) is 3. The highest BCUT2D eigenvalue weighted by Gasteiger charge is 2.64. The first-order valence-electron chi connectivity index (χ1n) is 13.2. The van der Waals surface area contributed by atoms with E-state index >= 15 is 0 Å². The third kappa shape index (κ3) is 5.22. The summed E-state index contributed by atoms with van der Waals surface area (Å²) in [7, 11) is 0. The fraction of sp³-hybridized carbons (Fsp3) is 0.500. The Morgan fingerprint density at radius 3 is 2.79 bits per heavy atom. The van der Waals surface area contributed by atoms with Crippen LogP contribution in [0.15, 0.2) is 36.7 Å². The van der Waals surface area contributed by atoms with E-state index in [0.717, 1.165) is 24.9 Å². The zero-order valence-corrected chi connectivity index (χ0v) is 22.9. The zero-order chi connectivity index (χ0) is 27.9. The molecule has 2 fully saturated rings. The van der Waals surface area contributed by atoms with Crippen LogP contribution in [0.25, 0.3) is 5.65 Å². The molecule has 1 N–H and O–H groups in total. The lowest BCUT2D eigenvalue weighted by Crippen LogP contribution is -2.38. The van der Waals surface area contributed by atoms with Crippen LogP contribution in [-0.2, 0) is 15.0 Å². The van der Waals surface area contributed by atoms with Crippen molar-refractivity contribution < 1.29 is 28.2 Å². The number of carbonyl (C=O) groups is 2. The van der Waals surface area contributed by atoms with Gasteiger partial charge >= 0.3 is 12.1 Å². The average molecular weight is 540 g/mol. The topological polar surface area (TPSA) is 107 Å². The number of nitrogens with one attached hydrogen (secondary N) is 1. The molecule has 1 amide bonds. The maximum absolute atomic E-state index is 14.6. The molecular weight excluding hydrogens is 505 g/mol. The third-order valence-corrected chi connectivity index (χ3v) is 7.05. The summed E-state index contributed by atoms with van der Waals surface area (Å²) in [5.74, 6) is 0.703. The van der Waals surface area contributed by atoms with E-state index in [1.54, 1.807) is 44.5 Å². The summed E-state index contributed by atoms with van der Waals surface area (Å²) in [6, 6.07) is 6.40. The molecule has 11 heteroatoms. The Labute approximate surface area is 226 Å². The first-order valence-corrected chi connectivity index (χ1v) is 13.2. The molecule has 208 valence electrons. The Bertz CT molecular complexity index is 1400. The maximum Gasteiger partial charge on any atom is 0.407 e. The number of anilines is 1. The van der Waals surface area contributed by atoms with Gasteiger partial charge in [-0.15, -0.1) is 0 Å². The van der Waals surface area contributed by atoms with E-state index in [1.165, 1.54) is 18.3 Å². The largest absolute Gasteiger partial charge is 0.489 e. The molecule has 1 unspecified atom stereocenters. The lowest BCUT2D eigenvalue weighted by molar-refractivity contribution is 0.0501. The molecule has 0 radical (unpaired) electrons. The zero-order valence-electron chi connectivity index (χ0n) is 22.9. The average Bonchev–Trinajstić information content (AvgIpc) is 3.24. The summed E-state index contributed by atoms with van der Waals surface area (Å²) in [4.78, 5) is 31.5. The van der Waals surface area contributed by atoms with Gasteiger partial charge in [0.2, 0.25) is 0 Å². The van der Waals surface area contributed by atoms with Gasteiger partial charge in [0.15, 0.2) is 5.65 Å². The fourth-order valence-corrected chi connectivity index (χ4v) is 5.37. The summed E-state index contributed by atoms with van der Waals surface area (Å²) >= 11 is 0. The van der Waals surface area contributed by atoms with Crippen LogP contribution >= 0.6 is 0 Å². The molecular formula is C28H34FN5O5. The highest BCUT2D eigenvalue weighted by atomic mass is 19.1. The van der Waals surface area contributed by atoms with Crippen molar-refractivity contribution in [3.05, 3.63) is 53.6 Å². The van der Waals surface area contributed by atoms with Gasteiger partial charge in [0.25, 0.3) is 0 Å². The van der Waals surface area contributed by atoms with Crippen LogP contribution in [0.4, 0.5) is 15.0 Å². The second-order valence-electron chi connectivity index (χ2n) is 11.0. The molecule has 1 saturated heterocycles. The number of fused-ring (bicyclic) bond motifs is 2. The van der Waals surface area contributed by atoms with Gasteiger partial charge in [0, 0.05) is 18.3 Å². The summed E-state index contributed by atoms with van der Waals surface area (Å²) in [5.41, 5.74) is 0.360. The van der Waals surface area contributed by atoms with Gasteiger partial charge in [0.1, 0.15) is 34.7 Å². The van der Waals surface area contributed by atoms with Crippen molar-refractivity contribution in [3.63, 3.8) is 0 Å². The van der Waals surface area contributed by atoms with Crippen molar-refractivity contribution in [2.24, 2.45) is 5.92 Å². The maximum atomic E-state index is 14.6. The number of nitrogens with zero attached hydrogens (tertiary/aromatic N) is 4. The number of hydrogen-bond acceptors (Lipinski definition) is 8. The Balaban J connectivity index is 1.41. The van der Waals surface area contributed by atoms with Crippen LogP contribution in [0.5, 0.6) is 5.75 Å². The molecule has 39 heavy (non-hydrogen) atoms. The van der Waals surface area contributed by atoms with Gasteiger partial charge in [-0.3, -0.25) is 0 Å². The Morgan fingerprint density at radius 1 is 1.28 bits per heavy atom. The van der Waals surface area contributed by atoms with Crippen LogP contribution in [0.3, 0.4) is 0 Å². The minimum Gasteiger partial charge on any atom is -0.489 e. The van der Waals surface area contributed by atoms with Crippen molar-refractivity contribution in [1.82, 2.24) is 19.9 Å². The normalized spacial score (nSPS) is 20.9. The monoisotopic (exact) mass is 539 g/mol. The van der Waals surface area contributed by atoms with E-state index in [4.69, 9.17) is 19.2 Å². The van der Waals surface area contributed by atoms with E-state index in [9.17, 15) is 14.0 Å². The summed E-state index contributed by atoms with van der Waals surface area (Å²) < 4.78 is 32.9. The first kappa shape index (κ1) is 26.7. The molecule has 2 aliphatic rings. The SMILES string of the molecule is CCOC(=O)c1cnn2ccc(N3CC[C@H]4C[C@]43c3cc(F)ccc3OC(C)CNC(=O)OC(C)(C)C)nc12. The quantitative estimate of drug-likeness (QED) is 0.418. The van der Waals surface area contributed by atoms with Gasteiger partial charge in [-0.05, 0) is 77.6 Å². The number of piperidine rings is 1. The van der Waals surface area contributed by atoms with Crippen molar-refractivity contribution in [2.75, 3.05) is 24.6 Å². The summed E-state index contributed by atoms with van der Waals surface area (Å²) in [6.07, 6.45) is 4.05. The number of benzene rings is 1. The van der Waals surface area contributed by atoms with Crippen molar-refractivity contribution >= 4 is 23.5 Å². The first-order chi connectivity index (χ1) is 18.5. The van der Waals surface area contributed by atoms with E-state index in [-0.39, 0.29) is 19.0 Å². The Morgan fingerprint density at radius 2 is 2.08 bits per heavy atom. The number of halogens is 1. The van der Waals surface area contributed by atoms with Crippen LogP contribution < -0.4 is 15.0 Å². The van der Waals surface area contributed by atoms with Crippen LogP contribution in [-0.4, -0.2) is 58.1 Å². The molecule has 1 saturated carbocycles. The second kappa shape index (κ2) is 10.0. The molecule has 1 aliphatic carbocycles. The lowest BCUT2D eigenvalue weighted by Gasteiger charge is -2.32. The third-order valence-electron chi connectivity index (χ3n) is 7.05. The number of carbonyl (C=O) groups excluding carboxylic acids is 2. The molecule has 0 bridgehead atoms. The highest BCUT2D eigenvalue weighted by Crippen LogP contribution is 2.65. The number of esters is 1. The predicted molar refractivity (Wildman–Crippen MR) is 141 cm³/mol. The van der Waals surface area contributed by atoms with Gasteiger partial charge in [-0.2, -0.15) is 5.10 Å². The molecule has 10 nitrogen and oxygen atoms in total. The van der Waals surface area contributed by atoms with Crippen LogP contribution in [0, 0.1) is 11.7 Å². The van der Waals surface area contributed by atoms with E-state index in [2.05, 4.69) is 15.3 Å². The molecule has 3 aromatic rings. The van der Waals surface area contributed by atoms with Crippen molar-refractivity contribution in [3.8, 4) is 5.75 Å².